The standard InChI is InChI=1S/C25H19N2.C5H12O2.Ir/c1-16(2)17-8-7-9-18(14-17)23-15-26-24-21-12-5-3-10-19(21)20-11-4-6-13-22(20)25(24)27-23;1-4(6)3-5(2)7;/h3-11,13-16H,1-2H3;4-7H,3H2,1-2H3;/q-1;;. The molecule has 0 amide bonds. The van der Waals surface area contributed by atoms with Crippen molar-refractivity contribution in [2.24, 2.45) is 0 Å². The van der Waals surface area contributed by atoms with Crippen LogP contribution in [0.5, 0.6) is 0 Å². The Labute approximate surface area is 220 Å². The summed E-state index contributed by atoms with van der Waals surface area (Å²) in [6, 6.07) is 26.5. The van der Waals surface area contributed by atoms with Gasteiger partial charge in [0.25, 0.3) is 0 Å². The first-order valence-corrected chi connectivity index (χ1v) is 11.8. The summed E-state index contributed by atoms with van der Waals surface area (Å²) in [6.07, 6.45) is 1.61. The number of aromatic nitrogens is 2. The van der Waals surface area contributed by atoms with Crippen molar-refractivity contribution in [1.82, 2.24) is 9.97 Å². The van der Waals surface area contributed by atoms with Crippen molar-refractivity contribution in [2.75, 3.05) is 0 Å². The summed E-state index contributed by atoms with van der Waals surface area (Å²) in [6.45, 7) is 7.74. The van der Waals surface area contributed by atoms with Gasteiger partial charge in [0.2, 0.25) is 0 Å². The fourth-order valence-electron chi connectivity index (χ4n) is 4.23. The zero-order chi connectivity index (χ0) is 24.2. The summed E-state index contributed by atoms with van der Waals surface area (Å²) in [4.78, 5) is 9.86. The fraction of sp³-hybridized carbons (Fsp3) is 0.267. The van der Waals surface area contributed by atoms with Crippen molar-refractivity contribution >= 4 is 32.6 Å². The van der Waals surface area contributed by atoms with Crippen molar-refractivity contribution < 1.29 is 30.3 Å². The van der Waals surface area contributed by atoms with Gasteiger partial charge in [-0.05, 0) is 43.2 Å². The fourth-order valence-corrected chi connectivity index (χ4v) is 4.23. The van der Waals surface area contributed by atoms with Gasteiger partial charge in [-0.1, -0.05) is 67.1 Å². The number of hydrogen-bond donors (Lipinski definition) is 2. The van der Waals surface area contributed by atoms with Gasteiger partial charge in [0.15, 0.2) is 0 Å². The summed E-state index contributed by atoms with van der Waals surface area (Å²) in [5.74, 6) is 0.484. The van der Waals surface area contributed by atoms with Crippen LogP contribution < -0.4 is 0 Å². The van der Waals surface area contributed by atoms with Gasteiger partial charge in [0.05, 0.1) is 23.4 Å². The van der Waals surface area contributed by atoms with Crippen molar-refractivity contribution in [3.8, 4) is 11.3 Å². The summed E-state index contributed by atoms with van der Waals surface area (Å²) in [5.41, 5.74) is 5.18. The molecule has 183 valence electrons. The predicted octanol–water partition coefficient (Wildman–Crippen LogP) is 6.66. The van der Waals surface area contributed by atoms with Gasteiger partial charge < -0.3 is 15.2 Å². The first kappa shape index (κ1) is 26.9. The van der Waals surface area contributed by atoms with E-state index in [9.17, 15) is 0 Å². The minimum atomic E-state index is -0.375. The molecule has 35 heavy (non-hydrogen) atoms. The van der Waals surface area contributed by atoms with Gasteiger partial charge in [0, 0.05) is 37.4 Å². The zero-order valence-corrected chi connectivity index (χ0v) is 22.9. The Hall–Kier alpha value is -2.69. The van der Waals surface area contributed by atoms with Gasteiger partial charge in [0.1, 0.15) is 0 Å². The number of rotatable bonds is 4. The molecule has 0 aliphatic carbocycles. The van der Waals surface area contributed by atoms with E-state index in [0.717, 1.165) is 33.1 Å². The molecule has 2 N–H and O–H groups in total. The molecule has 0 saturated heterocycles. The van der Waals surface area contributed by atoms with Gasteiger partial charge in [-0.3, -0.25) is 4.98 Å². The molecular weight excluding hydrogens is 613 g/mol. The molecule has 4 nitrogen and oxygen atoms in total. The average molecular weight is 644 g/mol. The molecule has 4 aromatic carbocycles. The Morgan fingerprint density at radius 2 is 1.49 bits per heavy atom. The molecule has 1 heterocycles. The molecule has 0 fully saturated rings. The molecule has 0 aliphatic heterocycles. The van der Waals surface area contributed by atoms with Crippen LogP contribution in [0.1, 0.15) is 45.6 Å². The number of benzene rings is 4. The molecule has 0 bridgehead atoms. The molecule has 5 heteroatoms. The average Bonchev–Trinajstić information content (AvgIpc) is 2.83. The van der Waals surface area contributed by atoms with E-state index in [2.05, 4.69) is 74.5 Å². The van der Waals surface area contributed by atoms with E-state index in [1.807, 2.05) is 18.3 Å². The van der Waals surface area contributed by atoms with Crippen LogP contribution in [-0.2, 0) is 20.1 Å². The van der Waals surface area contributed by atoms with Gasteiger partial charge in [-0.25, -0.2) is 0 Å². The maximum Gasteiger partial charge on any atom is 0.0873 e. The largest absolute Gasteiger partial charge is 0.393 e. The quantitative estimate of drug-likeness (QED) is 0.170. The molecular formula is C30H31IrN2O2-. The summed E-state index contributed by atoms with van der Waals surface area (Å²) in [5, 5.41) is 21.7. The second kappa shape index (κ2) is 11.8. The number of aliphatic hydroxyl groups is 2. The number of hydrogen-bond acceptors (Lipinski definition) is 4. The summed E-state index contributed by atoms with van der Waals surface area (Å²) in [7, 11) is 0. The van der Waals surface area contributed by atoms with Crippen LogP contribution in [0.4, 0.5) is 0 Å². The third kappa shape index (κ3) is 6.12. The maximum absolute atomic E-state index is 8.56. The molecule has 1 radical (unpaired) electrons. The molecule has 1 aromatic heterocycles. The van der Waals surface area contributed by atoms with Crippen molar-refractivity contribution in [3.05, 3.63) is 84.6 Å². The van der Waals surface area contributed by atoms with E-state index >= 15 is 0 Å². The van der Waals surface area contributed by atoms with E-state index in [1.54, 1.807) is 13.8 Å². The second-order valence-corrected chi connectivity index (χ2v) is 9.17. The molecule has 0 spiro atoms. The first-order valence-electron chi connectivity index (χ1n) is 11.8. The monoisotopic (exact) mass is 644 g/mol. The first-order chi connectivity index (χ1) is 16.3. The molecule has 5 aromatic rings. The molecule has 0 saturated carbocycles. The molecule has 0 aliphatic rings. The summed E-state index contributed by atoms with van der Waals surface area (Å²) < 4.78 is 0. The number of fused-ring (bicyclic) bond motifs is 6. The zero-order valence-electron chi connectivity index (χ0n) is 20.5. The van der Waals surface area contributed by atoms with Crippen LogP contribution in [0.3, 0.4) is 0 Å². The molecule has 2 unspecified atom stereocenters. The molecule has 5 rings (SSSR count). The normalized spacial score (nSPS) is 12.8. The third-order valence-corrected chi connectivity index (χ3v) is 5.87. The third-order valence-electron chi connectivity index (χ3n) is 5.87. The van der Waals surface area contributed by atoms with Crippen LogP contribution >= 0.6 is 0 Å². The topological polar surface area (TPSA) is 66.2 Å². The Balaban J connectivity index is 0.000000378. The van der Waals surface area contributed by atoms with E-state index in [1.165, 1.54) is 16.3 Å². The van der Waals surface area contributed by atoms with E-state index in [0.29, 0.717) is 12.3 Å². The van der Waals surface area contributed by atoms with E-state index in [-0.39, 0.29) is 32.3 Å². The van der Waals surface area contributed by atoms with Crippen LogP contribution in [0.15, 0.2) is 72.9 Å². The Kier molecular flexibility index (Phi) is 9.09. The van der Waals surface area contributed by atoms with Crippen molar-refractivity contribution in [3.63, 3.8) is 0 Å². The minimum Gasteiger partial charge on any atom is -0.393 e. The maximum atomic E-state index is 8.56. The van der Waals surface area contributed by atoms with E-state index in [4.69, 9.17) is 20.2 Å². The SMILES string of the molecule is CC(C)c1cccc(-c2cnc3c4[c-]cccc4c4ccccc4c3n2)c1.CC(O)CC(C)O.[Ir]. The smallest absolute Gasteiger partial charge is 0.0873 e. The van der Waals surface area contributed by atoms with Gasteiger partial charge in [-0.15, -0.1) is 29.7 Å². The predicted molar refractivity (Wildman–Crippen MR) is 141 cm³/mol. The van der Waals surface area contributed by atoms with Crippen LogP contribution in [0.25, 0.3) is 43.8 Å². The second-order valence-electron chi connectivity index (χ2n) is 9.17. The minimum absolute atomic E-state index is 0. The number of nitrogens with zero attached hydrogens (tertiary/aromatic N) is 2. The van der Waals surface area contributed by atoms with Crippen LogP contribution in [0, 0.1) is 6.07 Å². The van der Waals surface area contributed by atoms with E-state index < -0.39 is 0 Å². The Morgan fingerprint density at radius 3 is 2.14 bits per heavy atom. The van der Waals surface area contributed by atoms with Gasteiger partial charge in [-0.2, -0.15) is 0 Å². The van der Waals surface area contributed by atoms with Gasteiger partial charge >= 0.3 is 0 Å². The van der Waals surface area contributed by atoms with Crippen molar-refractivity contribution in [1.29, 1.82) is 0 Å². The molecule has 2 atom stereocenters. The van der Waals surface area contributed by atoms with Crippen LogP contribution in [0.2, 0.25) is 0 Å². The Bertz CT molecular complexity index is 1390. The summed E-state index contributed by atoms with van der Waals surface area (Å²) >= 11 is 0. The van der Waals surface area contributed by atoms with Crippen molar-refractivity contribution in [2.45, 2.75) is 52.2 Å². The van der Waals surface area contributed by atoms with Crippen LogP contribution in [-0.4, -0.2) is 32.4 Å². The Morgan fingerprint density at radius 1 is 0.800 bits per heavy atom. The number of aliphatic hydroxyl groups excluding tert-OH is 2.